The molecule has 0 fully saturated rings. The molecule has 0 aromatic heterocycles. The molecule has 0 saturated heterocycles. The molecule has 0 heterocycles. The summed E-state index contributed by atoms with van der Waals surface area (Å²) >= 11 is 0. The molecule has 0 aliphatic heterocycles. The first-order valence-corrected chi connectivity index (χ1v) is 7.05. The van der Waals surface area contributed by atoms with Crippen molar-refractivity contribution in [3.05, 3.63) is 29.8 Å². The first-order chi connectivity index (χ1) is 8.25. The second-order valence-corrected chi connectivity index (χ2v) is 6.74. The van der Waals surface area contributed by atoms with Gasteiger partial charge >= 0.3 is 5.97 Å². The highest BCUT2D eigenvalue weighted by Crippen LogP contribution is 2.21. The first-order valence-electron chi connectivity index (χ1n) is 5.55. The monoisotopic (exact) mass is 271 g/mol. The molecule has 0 radical (unpaired) electrons. The normalized spacial score (nSPS) is 11.6. The number of hydrogen-bond donors (Lipinski definition) is 1. The smallest absolute Gasteiger partial charge is 0.324 e. The molecule has 6 heteroatoms. The summed E-state index contributed by atoms with van der Waals surface area (Å²) in [6.07, 6.45) is 0. The van der Waals surface area contributed by atoms with E-state index in [4.69, 9.17) is 5.11 Å². The van der Waals surface area contributed by atoms with Crippen molar-refractivity contribution < 1.29 is 18.3 Å². The molecule has 0 amide bonds. The van der Waals surface area contributed by atoms with Gasteiger partial charge in [0.2, 0.25) is 10.0 Å². The third-order valence-electron chi connectivity index (χ3n) is 2.50. The predicted molar refractivity (Wildman–Crippen MR) is 70.2 cm³/mol. The van der Waals surface area contributed by atoms with Crippen LogP contribution in [0.2, 0.25) is 0 Å². The third kappa shape index (κ3) is 3.22. The van der Waals surface area contributed by atoms with Gasteiger partial charge in [0.1, 0.15) is 6.54 Å². The number of aliphatic carboxylic acids is 1. The van der Waals surface area contributed by atoms with Gasteiger partial charge in [-0.3, -0.25) is 9.10 Å². The molecule has 0 bridgehead atoms. The second-order valence-electron chi connectivity index (χ2n) is 4.33. The summed E-state index contributed by atoms with van der Waals surface area (Å²) in [5.41, 5.74) is 1.35. The quantitative estimate of drug-likeness (QED) is 0.883. The molecule has 0 aliphatic rings. The van der Waals surface area contributed by atoms with Crippen LogP contribution in [-0.2, 0) is 14.8 Å². The number of benzene rings is 1. The number of aryl methyl sites for hydroxylation is 1. The minimum atomic E-state index is -3.65. The van der Waals surface area contributed by atoms with E-state index in [-0.39, 0.29) is 0 Å². The molecule has 0 aliphatic carbocycles. The number of carboxylic acids is 1. The second kappa shape index (κ2) is 5.39. The van der Waals surface area contributed by atoms with Gasteiger partial charge in [-0.2, -0.15) is 0 Å². The van der Waals surface area contributed by atoms with Gasteiger partial charge in [0, 0.05) is 0 Å². The lowest BCUT2D eigenvalue weighted by Gasteiger charge is -2.24. The van der Waals surface area contributed by atoms with Gasteiger partial charge in [0.05, 0.1) is 10.9 Å². The Hall–Kier alpha value is -1.56. The van der Waals surface area contributed by atoms with Gasteiger partial charge in [-0.1, -0.05) is 17.7 Å². The molecule has 1 rings (SSSR count). The Labute approximate surface area is 107 Å². The van der Waals surface area contributed by atoms with Crippen LogP contribution in [0.5, 0.6) is 0 Å². The molecular weight excluding hydrogens is 254 g/mol. The molecule has 100 valence electrons. The lowest BCUT2D eigenvalue weighted by atomic mass is 10.2. The highest BCUT2D eigenvalue weighted by atomic mass is 32.2. The van der Waals surface area contributed by atoms with E-state index in [2.05, 4.69) is 0 Å². The third-order valence-corrected chi connectivity index (χ3v) is 4.65. The minimum absolute atomic E-state index is 0.372. The summed E-state index contributed by atoms with van der Waals surface area (Å²) in [6.45, 7) is 4.36. The zero-order chi connectivity index (χ0) is 13.9. The van der Waals surface area contributed by atoms with E-state index in [9.17, 15) is 13.2 Å². The van der Waals surface area contributed by atoms with Crippen molar-refractivity contribution in [1.29, 1.82) is 0 Å². The van der Waals surface area contributed by atoms with Crippen molar-refractivity contribution >= 4 is 21.7 Å². The predicted octanol–water partition coefficient (Wildman–Crippen LogP) is 1.62. The lowest BCUT2D eigenvalue weighted by molar-refractivity contribution is -0.135. The van der Waals surface area contributed by atoms with E-state index >= 15 is 0 Å². The maximum absolute atomic E-state index is 12.1. The van der Waals surface area contributed by atoms with Gasteiger partial charge in [-0.15, -0.1) is 0 Å². The highest BCUT2D eigenvalue weighted by Gasteiger charge is 2.27. The molecule has 0 saturated carbocycles. The van der Waals surface area contributed by atoms with Crippen LogP contribution >= 0.6 is 0 Å². The molecule has 18 heavy (non-hydrogen) atoms. The summed E-state index contributed by atoms with van der Waals surface area (Å²) in [5.74, 6) is -1.18. The van der Waals surface area contributed by atoms with Gasteiger partial charge in [-0.25, -0.2) is 8.42 Å². The van der Waals surface area contributed by atoms with Gasteiger partial charge < -0.3 is 5.11 Å². The number of nitrogens with zero attached hydrogens (tertiary/aromatic N) is 1. The molecule has 0 unspecified atom stereocenters. The molecule has 0 atom stereocenters. The van der Waals surface area contributed by atoms with Gasteiger partial charge in [0.25, 0.3) is 0 Å². The molecule has 1 N–H and O–H groups in total. The van der Waals surface area contributed by atoms with E-state index in [1.807, 2.05) is 6.92 Å². The largest absolute Gasteiger partial charge is 0.480 e. The van der Waals surface area contributed by atoms with Crippen LogP contribution in [0.1, 0.15) is 19.4 Å². The minimum Gasteiger partial charge on any atom is -0.480 e. The van der Waals surface area contributed by atoms with E-state index in [0.29, 0.717) is 5.69 Å². The summed E-state index contributed by atoms with van der Waals surface area (Å²) in [4.78, 5) is 10.8. The van der Waals surface area contributed by atoms with Crippen molar-refractivity contribution in [3.8, 4) is 0 Å². The van der Waals surface area contributed by atoms with Crippen molar-refractivity contribution in [1.82, 2.24) is 0 Å². The fraction of sp³-hybridized carbons (Fsp3) is 0.417. The standard InChI is InChI=1S/C12H17NO4S/c1-9(2)18(16,17)13(8-12(14)15)11-6-4-10(3)5-7-11/h4-7,9H,8H2,1-3H3,(H,14,15). The van der Waals surface area contributed by atoms with E-state index in [0.717, 1.165) is 9.87 Å². The average Bonchev–Trinajstić information content (AvgIpc) is 2.26. The zero-order valence-electron chi connectivity index (χ0n) is 10.6. The van der Waals surface area contributed by atoms with Crippen LogP contribution in [0.15, 0.2) is 24.3 Å². The van der Waals surface area contributed by atoms with Crippen LogP contribution in [0, 0.1) is 6.92 Å². The fourth-order valence-corrected chi connectivity index (χ4v) is 2.63. The number of hydrogen-bond acceptors (Lipinski definition) is 3. The van der Waals surface area contributed by atoms with E-state index in [1.54, 1.807) is 24.3 Å². The Morgan fingerprint density at radius 3 is 2.17 bits per heavy atom. The highest BCUT2D eigenvalue weighted by molar-refractivity contribution is 7.93. The van der Waals surface area contributed by atoms with Gasteiger partial charge in [-0.05, 0) is 32.9 Å². The number of carbonyl (C=O) groups is 1. The van der Waals surface area contributed by atoms with Crippen molar-refractivity contribution in [2.75, 3.05) is 10.8 Å². The summed E-state index contributed by atoms with van der Waals surface area (Å²) < 4.78 is 25.2. The number of sulfonamides is 1. The molecule has 0 spiro atoms. The first kappa shape index (κ1) is 14.5. The molecule has 5 nitrogen and oxygen atoms in total. The van der Waals surface area contributed by atoms with Crippen LogP contribution in [0.4, 0.5) is 5.69 Å². The lowest BCUT2D eigenvalue weighted by Crippen LogP contribution is -2.40. The Morgan fingerprint density at radius 2 is 1.78 bits per heavy atom. The average molecular weight is 271 g/mol. The summed E-state index contributed by atoms with van der Waals surface area (Å²) in [5, 5.41) is 8.17. The topological polar surface area (TPSA) is 74.7 Å². The maximum Gasteiger partial charge on any atom is 0.324 e. The number of anilines is 1. The Morgan fingerprint density at radius 1 is 1.28 bits per heavy atom. The van der Waals surface area contributed by atoms with Crippen LogP contribution < -0.4 is 4.31 Å². The fourth-order valence-electron chi connectivity index (χ4n) is 1.42. The van der Waals surface area contributed by atoms with Gasteiger partial charge in [0.15, 0.2) is 0 Å². The molecule has 1 aromatic rings. The number of rotatable bonds is 5. The van der Waals surface area contributed by atoms with Crippen molar-refractivity contribution in [3.63, 3.8) is 0 Å². The van der Waals surface area contributed by atoms with E-state index in [1.165, 1.54) is 13.8 Å². The zero-order valence-corrected chi connectivity index (χ0v) is 11.4. The molecule has 1 aromatic carbocycles. The summed E-state index contributed by atoms with van der Waals surface area (Å²) in [6, 6.07) is 6.72. The Balaban J connectivity index is 3.22. The Bertz CT molecular complexity index is 520. The van der Waals surface area contributed by atoms with Crippen molar-refractivity contribution in [2.24, 2.45) is 0 Å². The van der Waals surface area contributed by atoms with Crippen molar-refractivity contribution in [2.45, 2.75) is 26.0 Å². The molecular formula is C12H17NO4S. The number of carboxylic acid groups (broad SMARTS) is 1. The summed E-state index contributed by atoms with van der Waals surface area (Å²) in [7, 11) is -3.65. The SMILES string of the molecule is Cc1ccc(N(CC(=O)O)S(=O)(=O)C(C)C)cc1. The van der Waals surface area contributed by atoms with E-state index < -0.39 is 27.8 Å². The maximum atomic E-state index is 12.1. The Kier molecular flexibility index (Phi) is 4.34. The van der Waals surface area contributed by atoms with Crippen LogP contribution in [-0.4, -0.2) is 31.3 Å². The van der Waals surface area contributed by atoms with Crippen LogP contribution in [0.3, 0.4) is 0 Å². The van der Waals surface area contributed by atoms with Crippen LogP contribution in [0.25, 0.3) is 0 Å².